The molecule has 2 aliphatic heterocycles. The summed E-state index contributed by atoms with van der Waals surface area (Å²) in [5.41, 5.74) is 4.30. The molecule has 0 saturated heterocycles. The van der Waals surface area contributed by atoms with Gasteiger partial charge in [0.1, 0.15) is 5.71 Å². The lowest BCUT2D eigenvalue weighted by atomic mass is 9.87. The molecule has 12 nitrogen and oxygen atoms in total. The van der Waals surface area contributed by atoms with Crippen LogP contribution >= 0.6 is 0 Å². The van der Waals surface area contributed by atoms with Gasteiger partial charge in [0.05, 0.1) is 22.8 Å². The molecule has 3 N–H and O–H groups in total. The predicted molar refractivity (Wildman–Crippen MR) is 185 cm³/mol. The van der Waals surface area contributed by atoms with E-state index in [-0.39, 0.29) is 36.1 Å². The number of carbonyl (C=O) groups excluding carboxylic acids is 1. The first-order chi connectivity index (χ1) is 21.8. The number of anilines is 2. The number of fused-ring (bicyclic) bond motifs is 2. The van der Waals surface area contributed by atoms with Gasteiger partial charge in [-0.05, 0) is 43.4 Å². The van der Waals surface area contributed by atoms with Crippen molar-refractivity contribution in [2.75, 3.05) is 42.2 Å². The summed E-state index contributed by atoms with van der Waals surface area (Å²) in [5.74, 6) is 0.599. The molecule has 0 radical (unpaired) electrons. The zero-order chi connectivity index (χ0) is 33.5. The fourth-order valence-electron chi connectivity index (χ4n) is 5.78. The van der Waals surface area contributed by atoms with Gasteiger partial charge in [0.25, 0.3) is 0 Å². The zero-order valence-electron chi connectivity index (χ0n) is 28.4. The Morgan fingerprint density at radius 1 is 1.13 bits per heavy atom. The first-order valence-corrected chi connectivity index (χ1v) is 18.4. The van der Waals surface area contributed by atoms with Crippen molar-refractivity contribution < 1.29 is 18.3 Å². The van der Waals surface area contributed by atoms with Crippen LogP contribution in [0.25, 0.3) is 0 Å². The minimum atomic E-state index is -3.40. The fraction of sp³-hybridized carbons (Fsp3) is 0.667. The molecule has 0 fully saturated rings. The number of aliphatic hydroxyl groups is 1. The molecule has 0 bridgehead atoms. The first-order valence-electron chi connectivity index (χ1n) is 16.8. The number of benzene rings is 1. The lowest BCUT2D eigenvalue weighted by Gasteiger charge is -2.32. The van der Waals surface area contributed by atoms with E-state index in [4.69, 9.17) is 15.1 Å². The van der Waals surface area contributed by atoms with Crippen LogP contribution in [0.3, 0.4) is 0 Å². The molecule has 0 spiro atoms. The number of carbonyl (C=O) groups is 1. The van der Waals surface area contributed by atoms with Crippen LogP contribution in [0.1, 0.15) is 116 Å². The van der Waals surface area contributed by atoms with Crippen molar-refractivity contribution in [2.45, 2.75) is 105 Å². The van der Waals surface area contributed by atoms with E-state index in [1.807, 2.05) is 19.1 Å². The van der Waals surface area contributed by atoms with Crippen LogP contribution in [-0.2, 0) is 21.2 Å². The van der Waals surface area contributed by atoms with Crippen molar-refractivity contribution in [2.24, 2.45) is 15.5 Å². The number of unbranched alkanes of at least 4 members (excludes halogenated alkanes) is 5. The molecule has 1 unspecified atom stereocenters. The van der Waals surface area contributed by atoms with Crippen LogP contribution in [0, 0.1) is 5.41 Å². The van der Waals surface area contributed by atoms with Gasteiger partial charge in [-0.15, -0.1) is 9.89 Å². The molecule has 4 rings (SSSR count). The van der Waals surface area contributed by atoms with E-state index in [1.165, 1.54) is 18.1 Å². The van der Waals surface area contributed by atoms with Crippen LogP contribution in [0.15, 0.2) is 22.2 Å². The first kappa shape index (κ1) is 35.7. The maximum atomic E-state index is 12.6. The second-order valence-corrected chi connectivity index (χ2v) is 15.5. The van der Waals surface area contributed by atoms with Crippen LogP contribution < -0.4 is 14.9 Å². The van der Waals surface area contributed by atoms with E-state index in [1.54, 1.807) is 0 Å². The highest BCUT2D eigenvalue weighted by Crippen LogP contribution is 2.38. The van der Waals surface area contributed by atoms with Crippen molar-refractivity contribution in [1.82, 2.24) is 19.6 Å². The van der Waals surface area contributed by atoms with Crippen LogP contribution in [0.2, 0.25) is 0 Å². The summed E-state index contributed by atoms with van der Waals surface area (Å²) in [5, 5.41) is 21.8. The Bertz CT molecular complexity index is 1540. The lowest BCUT2D eigenvalue weighted by Crippen LogP contribution is -2.31. The molecular weight excluding hydrogens is 604 g/mol. The second-order valence-electron chi connectivity index (χ2n) is 13.5. The average Bonchev–Trinajstić information content (AvgIpc) is 3.56. The van der Waals surface area contributed by atoms with Gasteiger partial charge in [0.2, 0.25) is 21.8 Å². The monoisotopic (exact) mass is 656 g/mol. The highest BCUT2D eigenvalue weighted by molar-refractivity contribution is 7.89. The molecule has 1 amide bonds. The molecule has 2 aliphatic rings. The summed E-state index contributed by atoms with van der Waals surface area (Å²) in [4.78, 5) is 25.9. The molecule has 0 saturated carbocycles. The van der Waals surface area contributed by atoms with Gasteiger partial charge in [-0.2, -0.15) is 5.10 Å². The van der Waals surface area contributed by atoms with Gasteiger partial charge >= 0.3 is 0 Å². The van der Waals surface area contributed by atoms with E-state index in [0.29, 0.717) is 41.6 Å². The Morgan fingerprint density at radius 2 is 1.87 bits per heavy atom. The third-order valence-corrected chi connectivity index (χ3v) is 9.74. The van der Waals surface area contributed by atoms with Gasteiger partial charge in [-0.3, -0.25) is 4.79 Å². The standard InChI is InChI=1S/C33H52N8O4S/c1-7-8-9-10-11-12-19-46(44,45)34-22-23(2)31-37-32-29(30(33(4,5)6)38-41(32)39-31)36-26-20-25-15-13-16-40(17-14-18-42)28(25)21-27(26)35-24(3)43/h20-21,23,34,42H,7-19,22H2,1-6H3,(H,35,43). The minimum Gasteiger partial charge on any atom is -0.396 e. The summed E-state index contributed by atoms with van der Waals surface area (Å²) in [6, 6.07) is 4.01. The summed E-state index contributed by atoms with van der Waals surface area (Å²) in [6.45, 7) is 13.6. The Labute approximate surface area is 274 Å². The minimum absolute atomic E-state index is 0.117. The second kappa shape index (κ2) is 15.6. The molecule has 1 aromatic heterocycles. The third kappa shape index (κ3) is 9.22. The lowest BCUT2D eigenvalue weighted by molar-refractivity contribution is -0.114. The van der Waals surface area contributed by atoms with Crippen LogP contribution in [0.4, 0.5) is 17.1 Å². The summed E-state index contributed by atoms with van der Waals surface area (Å²) >= 11 is 0. The molecular formula is C33H52N8O4S. The Hall–Kier alpha value is -3.16. The molecule has 46 heavy (non-hydrogen) atoms. The SMILES string of the molecule is CCCCCCCCS(=O)(=O)NCC(C)c1nc2n(n1)N=C(C(C)(C)C)C2=Nc1cc2c(cc1NC(C)=O)N(CCCO)CCC2. The number of nitrogens with one attached hydrogen (secondary N) is 2. The molecule has 1 aromatic carbocycles. The molecule has 1 atom stereocenters. The smallest absolute Gasteiger partial charge is 0.221 e. The highest BCUT2D eigenvalue weighted by atomic mass is 32.2. The molecule has 3 heterocycles. The third-order valence-electron chi connectivity index (χ3n) is 8.31. The van der Waals surface area contributed by atoms with Gasteiger partial charge < -0.3 is 15.3 Å². The van der Waals surface area contributed by atoms with E-state index in [0.717, 1.165) is 68.6 Å². The van der Waals surface area contributed by atoms with Crippen LogP contribution in [-0.4, -0.2) is 77.7 Å². The summed E-state index contributed by atoms with van der Waals surface area (Å²) in [7, 11) is -3.40. The van der Waals surface area contributed by atoms with Crippen LogP contribution in [0.5, 0.6) is 0 Å². The summed E-state index contributed by atoms with van der Waals surface area (Å²) < 4.78 is 28.0. The topological polar surface area (TPSA) is 154 Å². The van der Waals surface area contributed by atoms with Crippen molar-refractivity contribution in [3.05, 3.63) is 29.3 Å². The fourth-order valence-corrected chi connectivity index (χ4v) is 7.01. The molecule has 2 aromatic rings. The van der Waals surface area contributed by atoms with Crippen molar-refractivity contribution in [1.29, 1.82) is 0 Å². The van der Waals surface area contributed by atoms with Crippen molar-refractivity contribution in [3.8, 4) is 0 Å². The number of aliphatic hydroxyl groups excluding tert-OH is 1. The number of rotatable bonds is 16. The van der Waals surface area contributed by atoms with Crippen molar-refractivity contribution in [3.63, 3.8) is 0 Å². The zero-order valence-corrected chi connectivity index (χ0v) is 29.2. The maximum absolute atomic E-state index is 12.6. The number of nitrogens with zero attached hydrogens (tertiary/aromatic N) is 6. The Kier molecular flexibility index (Phi) is 12.1. The summed E-state index contributed by atoms with van der Waals surface area (Å²) in [6.07, 6.45) is 8.66. The highest BCUT2D eigenvalue weighted by Gasteiger charge is 2.36. The number of hydrogen-bond donors (Lipinski definition) is 3. The van der Waals surface area contributed by atoms with Gasteiger partial charge in [-0.25, -0.2) is 23.1 Å². The number of sulfonamides is 1. The number of amides is 1. The van der Waals surface area contributed by atoms with Gasteiger partial charge in [0.15, 0.2) is 5.82 Å². The largest absolute Gasteiger partial charge is 0.396 e. The quantitative estimate of drug-likeness (QED) is 0.212. The number of aliphatic imine (C=N–C) groups is 1. The molecule has 13 heteroatoms. The van der Waals surface area contributed by atoms with E-state index < -0.39 is 10.0 Å². The molecule has 0 aliphatic carbocycles. The Morgan fingerprint density at radius 3 is 2.57 bits per heavy atom. The van der Waals surface area contributed by atoms with E-state index >= 15 is 0 Å². The van der Waals surface area contributed by atoms with Gasteiger partial charge in [0, 0.05) is 50.2 Å². The maximum Gasteiger partial charge on any atom is 0.221 e. The predicted octanol–water partition coefficient (Wildman–Crippen LogP) is 5.14. The van der Waals surface area contributed by atoms with Crippen molar-refractivity contribution >= 4 is 44.4 Å². The average molecular weight is 657 g/mol. The molecule has 254 valence electrons. The normalized spacial score (nSPS) is 16.4. The van der Waals surface area contributed by atoms with E-state index in [9.17, 15) is 18.3 Å². The Balaban J connectivity index is 1.60. The number of aryl methyl sites for hydroxylation is 1. The number of aromatic nitrogens is 3. The van der Waals surface area contributed by atoms with E-state index in [2.05, 4.69) is 47.7 Å². The number of hydrogen-bond acceptors (Lipinski definition) is 9. The van der Waals surface area contributed by atoms with Gasteiger partial charge in [-0.1, -0.05) is 66.7 Å².